The lowest BCUT2D eigenvalue weighted by Gasteiger charge is -2.19. The normalized spacial score (nSPS) is 12.0. The molecule has 1 heterocycles. The minimum absolute atomic E-state index is 0.000187. The fourth-order valence-corrected chi connectivity index (χ4v) is 4.51. The van der Waals surface area contributed by atoms with Crippen molar-refractivity contribution in [3.63, 3.8) is 0 Å². The second-order valence-electron chi connectivity index (χ2n) is 7.44. The Bertz CT molecular complexity index is 1520. The van der Waals surface area contributed by atoms with E-state index in [-0.39, 0.29) is 21.9 Å². The summed E-state index contributed by atoms with van der Waals surface area (Å²) >= 11 is 0. The maximum Gasteiger partial charge on any atom is 0.338 e. The van der Waals surface area contributed by atoms with Gasteiger partial charge in [-0.05, 0) is 48.5 Å². The number of anilines is 1. The summed E-state index contributed by atoms with van der Waals surface area (Å²) in [5.74, 6) is -1.11. The molecule has 9 nitrogen and oxygen atoms in total. The van der Waals surface area contributed by atoms with Crippen molar-refractivity contribution in [3.8, 4) is 6.07 Å². The van der Waals surface area contributed by atoms with E-state index in [1.165, 1.54) is 31.3 Å². The van der Waals surface area contributed by atoms with Crippen LogP contribution in [0.1, 0.15) is 16.2 Å². The number of imidazole rings is 1. The molecule has 4 rings (SSSR count). The largest absolute Gasteiger partial charge is 0.507 e. The van der Waals surface area contributed by atoms with Gasteiger partial charge in [0.1, 0.15) is 18.2 Å². The van der Waals surface area contributed by atoms with Gasteiger partial charge in [-0.15, -0.1) is 0 Å². The van der Waals surface area contributed by atoms with E-state index in [2.05, 4.69) is 9.97 Å². The first-order valence-corrected chi connectivity index (χ1v) is 11.8. The molecule has 0 saturated heterocycles. The lowest BCUT2D eigenvalue weighted by molar-refractivity contribution is 0.0502. The molecule has 0 bridgehead atoms. The summed E-state index contributed by atoms with van der Waals surface area (Å²) in [6.07, 6.45) is 0. The summed E-state index contributed by atoms with van der Waals surface area (Å²) in [5.41, 5.74) is 1.73. The number of hydrogen-bond acceptors (Lipinski definition) is 7. The number of nitrogens with one attached hydrogen (secondary N) is 1. The van der Waals surface area contributed by atoms with Gasteiger partial charge < -0.3 is 14.8 Å². The molecule has 35 heavy (non-hydrogen) atoms. The van der Waals surface area contributed by atoms with Gasteiger partial charge in [0.2, 0.25) is 0 Å². The highest BCUT2D eigenvalue weighted by atomic mass is 32.2. The Kier molecular flexibility index (Phi) is 6.53. The molecule has 0 atom stereocenters. The Labute approximate surface area is 201 Å². The first-order valence-electron chi connectivity index (χ1n) is 10.4. The van der Waals surface area contributed by atoms with Crippen LogP contribution in [0.4, 0.5) is 5.69 Å². The molecule has 0 unspecified atom stereocenters. The van der Waals surface area contributed by atoms with Crippen molar-refractivity contribution in [1.29, 1.82) is 5.26 Å². The number of rotatable bonds is 7. The zero-order valence-electron chi connectivity index (χ0n) is 18.5. The molecular weight excluding hydrogens is 468 g/mol. The zero-order chi connectivity index (χ0) is 25.0. The monoisotopic (exact) mass is 488 g/mol. The predicted octanol–water partition coefficient (Wildman–Crippen LogP) is 4.04. The highest BCUT2D eigenvalue weighted by molar-refractivity contribution is 7.92. The van der Waals surface area contributed by atoms with Crippen molar-refractivity contribution in [2.75, 3.05) is 18.0 Å². The van der Waals surface area contributed by atoms with Gasteiger partial charge >= 0.3 is 5.97 Å². The van der Waals surface area contributed by atoms with E-state index in [0.717, 1.165) is 4.31 Å². The topological polar surface area (TPSA) is 136 Å². The van der Waals surface area contributed by atoms with Crippen LogP contribution in [0.3, 0.4) is 0 Å². The summed E-state index contributed by atoms with van der Waals surface area (Å²) in [6, 6.07) is 22.8. The molecule has 176 valence electrons. The van der Waals surface area contributed by atoms with E-state index in [1.807, 2.05) is 6.07 Å². The number of nitrogens with zero attached hydrogens (tertiary/aromatic N) is 3. The van der Waals surface area contributed by atoms with Crippen LogP contribution in [0.15, 0.2) is 89.5 Å². The van der Waals surface area contributed by atoms with Crippen molar-refractivity contribution >= 4 is 38.3 Å². The molecule has 2 N–H and O–H groups in total. The molecule has 0 spiro atoms. The van der Waals surface area contributed by atoms with Crippen LogP contribution in [0.25, 0.3) is 16.6 Å². The molecule has 0 saturated carbocycles. The van der Waals surface area contributed by atoms with Crippen LogP contribution in [0.5, 0.6) is 0 Å². The first kappa shape index (κ1) is 23.5. The summed E-state index contributed by atoms with van der Waals surface area (Å²) in [4.78, 5) is 19.6. The summed E-state index contributed by atoms with van der Waals surface area (Å²) in [5, 5.41) is 19.8. The standard InChI is InChI=1S/C25H20N4O5S/c1-29(18-7-3-2-4-8-18)35(32,33)19-13-11-17(12-14-19)25(31)34-16-23(30)20(15-26)24-27-21-9-5-6-10-22(21)28-24/h2-14,30H,16H2,1H3,(H,27,28)/b23-20-. The van der Waals surface area contributed by atoms with Gasteiger partial charge in [0.15, 0.2) is 11.6 Å². The average Bonchev–Trinajstić information content (AvgIpc) is 3.31. The summed E-state index contributed by atoms with van der Waals surface area (Å²) < 4.78 is 32.0. The van der Waals surface area contributed by atoms with Gasteiger partial charge in [0.25, 0.3) is 10.0 Å². The van der Waals surface area contributed by atoms with Crippen LogP contribution < -0.4 is 4.31 Å². The highest BCUT2D eigenvalue weighted by Gasteiger charge is 2.22. The van der Waals surface area contributed by atoms with Gasteiger partial charge in [-0.2, -0.15) is 5.26 Å². The number of aliphatic hydroxyl groups excluding tert-OH is 1. The Hall–Kier alpha value is -4.62. The first-order chi connectivity index (χ1) is 16.8. The van der Waals surface area contributed by atoms with Crippen LogP contribution in [0, 0.1) is 11.3 Å². The van der Waals surface area contributed by atoms with Crippen molar-refractivity contribution in [1.82, 2.24) is 9.97 Å². The smallest absolute Gasteiger partial charge is 0.338 e. The molecule has 0 aliphatic carbocycles. The van der Waals surface area contributed by atoms with E-state index in [0.29, 0.717) is 16.7 Å². The summed E-state index contributed by atoms with van der Waals surface area (Å²) in [6.45, 7) is -0.560. The maximum absolute atomic E-state index is 12.9. The number of fused-ring (bicyclic) bond motifs is 1. The number of H-pyrrole nitrogens is 1. The number of ether oxygens (including phenoxy) is 1. The van der Waals surface area contributed by atoms with Crippen LogP contribution >= 0.6 is 0 Å². The van der Waals surface area contributed by atoms with E-state index < -0.39 is 28.4 Å². The Morgan fingerprint density at radius 2 is 1.71 bits per heavy atom. The van der Waals surface area contributed by atoms with E-state index >= 15 is 0 Å². The van der Waals surface area contributed by atoms with Gasteiger partial charge in [-0.25, -0.2) is 18.2 Å². The molecule has 0 aliphatic rings. The quantitative estimate of drug-likeness (QED) is 0.228. The lowest BCUT2D eigenvalue weighted by atomic mass is 10.2. The third-order valence-corrected chi connectivity index (χ3v) is 7.03. The second-order valence-corrected chi connectivity index (χ2v) is 9.41. The second kappa shape index (κ2) is 9.70. The molecule has 0 amide bonds. The van der Waals surface area contributed by atoms with Crippen molar-refractivity contribution in [2.24, 2.45) is 0 Å². The molecular formula is C25H20N4O5S. The minimum atomic E-state index is -3.83. The van der Waals surface area contributed by atoms with E-state index in [9.17, 15) is 23.6 Å². The van der Waals surface area contributed by atoms with Gasteiger partial charge in [-0.1, -0.05) is 30.3 Å². The number of carbonyl (C=O) groups is 1. The number of esters is 1. The third-order valence-electron chi connectivity index (χ3n) is 5.23. The average molecular weight is 489 g/mol. The van der Waals surface area contributed by atoms with Gasteiger partial charge in [0.05, 0.1) is 27.2 Å². The molecule has 0 aliphatic heterocycles. The highest BCUT2D eigenvalue weighted by Crippen LogP contribution is 2.22. The van der Waals surface area contributed by atoms with E-state index in [4.69, 9.17) is 4.74 Å². The number of aromatic amines is 1. The van der Waals surface area contributed by atoms with E-state index in [1.54, 1.807) is 54.6 Å². The van der Waals surface area contributed by atoms with Crippen LogP contribution in [-0.4, -0.2) is 43.1 Å². The van der Waals surface area contributed by atoms with Gasteiger partial charge in [-0.3, -0.25) is 4.31 Å². The van der Waals surface area contributed by atoms with Gasteiger partial charge in [0, 0.05) is 7.05 Å². The van der Waals surface area contributed by atoms with Crippen molar-refractivity contribution in [3.05, 3.63) is 96.0 Å². The Morgan fingerprint density at radius 3 is 2.37 bits per heavy atom. The SMILES string of the molecule is CN(c1ccccc1)S(=O)(=O)c1ccc(C(=O)OC/C(O)=C(\C#N)c2nc3ccccc3[nH]2)cc1. The van der Waals surface area contributed by atoms with Crippen LogP contribution in [0.2, 0.25) is 0 Å². The predicted molar refractivity (Wildman–Crippen MR) is 130 cm³/mol. The minimum Gasteiger partial charge on any atom is -0.507 e. The fraction of sp³-hybridized carbons (Fsp3) is 0.0800. The number of nitriles is 1. The molecule has 0 radical (unpaired) electrons. The Morgan fingerprint density at radius 1 is 1.06 bits per heavy atom. The van der Waals surface area contributed by atoms with Crippen LogP contribution in [-0.2, 0) is 14.8 Å². The number of allylic oxidation sites excluding steroid dienone is 1. The molecule has 0 fully saturated rings. The number of hydrogen-bond donors (Lipinski definition) is 2. The molecule has 4 aromatic rings. The van der Waals surface area contributed by atoms with Crippen molar-refractivity contribution in [2.45, 2.75) is 4.90 Å². The van der Waals surface area contributed by atoms with Crippen molar-refractivity contribution < 1.29 is 23.1 Å². The maximum atomic E-state index is 12.9. The zero-order valence-corrected chi connectivity index (χ0v) is 19.4. The number of sulfonamides is 1. The molecule has 10 heteroatoms. The molecule has 3 aromatic carbocycles. The number of aliphatic hydroxyl groups is 1. The number of aromatic nitrogens is 2. The third kappa shape index (κ3) is 4.85. The lowest BCUT2D eigenvalue weighted by Crippen LogP contribution is -2.26. The summed E-state index contributed by atoms with van der Waals surface area (Å²) in [7, 11) is -2.39. The number of para-hydroxylation sites is 3. The fourth-order valence-electron chi connectivity index (χ4n) is 3.31. The number of carbonyl (C=O) groups excluding carboxylic acids is 1. The Balaban J connectivity index is 1.47. The molecule has 1 aromatic heterocycles. The number of benzene rings is 3.